The second kappa shape index (κ2) is 7.55. The van der Waals surface area contributed by atoms with E-state index in [2.05, 4.69) is 10.6 Å². The minimum absolute atomic E-state index is 0.500. The van der Waals surface area contributed by atoms with Crippen molar-refractivity contribution in [2.75, 3.05) is 11.9 Å². The Hall–Kier alpha value is -2.90. The third-order valence-corrected chi connectivity index (χ3v) is 4.04. The first-order chi connectivity index (χ1) is 12.1. The average molecular weight is 361 g/mol. The van der Waals surface area contributed by atoms with Crippen LogP contribution in [0.25, 0.3) is 0 Å². The smallest absolute Gasteiger partial charge is 0.327 e. The second-order valence-electron chi connectivity index (χ2n) is 6.62. The number of ether oxygens (including phenoxy) is 1. The standard InChI is InChI=1S/C18H23N3O5/c1-5-12-6-8-13(9-7-12)19-15(23)11(2)26-14(22)10-21-16(24)18(3,4)20-17(21)25/h6-9,11H,5,10H2,1-4H3,(H,19,23)(H,20,25)/t11-/m1/s1. The van der Waals surface area contributed by atoms with Crippen LogP contribution in [0.1, 0.15) is 33.3 Å². The van der Waals surface area contributed by atoms with Crippen molar-refractivity contribution < 1.29 is 23.9 Å². The Balaban J connectivity index is 1.88. The second-order valence-corrected chi connectivity index (χ2v) is 6.62. The predicted molar refractivity (Wildman–Crippen MR) is 94.3 cm³/mol. The van der Waals surface area contributed by atoms with Crippen LogP contribution in [-0.4, -0.2) is 46.9 Å². The van der Waals surface area contributed by atoms with Crippen molar-refractivity contribution in [2.24, 2.45) is 0 Å². The van der Waals surface area contributed by atoms with Gasteiger partial charge in [0.05, 0.1) is 0 Å². The van der Waals surface area contributed by atoms with E-state index < -0.39 is 42.0 Å². The number of esters is 1. The summed E-state index contributed by atoms with van der Waals surface area (Å²) in [6.07, 6.45) is -0.177. The molecule has 0 unspecified atom stereocenters. The van der Waals surface area contributed by atoms with Gasteiger partial charge in [0.2, 0.25) is 0 Å². The molecule has 1 saturated heterocycles. The number of aryl methyl sites for hydroxylation is 1. The summed E-state index contributed by atoms with van der Waals surface area (Å²) in [6, 6.07) is 6.66. The van der Waals surface area contributed by atoms with Crippen molar-refractivity contribution in [3.05, 3.63) is 29.8 Å². The molecule has 1 atom stereocenters. The lowest BCUT2D eigenvalue weighted by molar-refractivity contribution is -0.155. The number of amides is 4. The fourth-order valence-corrected chi connectivity index (χ4v) is 2.45. The predicted octanol–water partition coefficient (Wildman–Crippen LogP) is 1.45. The van der Waals surface area contributed by atoms with Gasteiger partial charge in [-0.1, -0.05) is 19.1 Å². The maximum atomic E-state index is 12.1. The van der Waals surface area contributed by atoms with E-state index in [4.69, 9.17) is 4.74 Å². The number of anilines is 1. The van der Waals surface area contributed by atoms with Gasteiger partial charge in [0.15, 0.2) is 6.10 Å². The number of carbonyl (C=O) groups is 4. The monoisotopic (exact) mass is 361 g/mol. The molecule has 0 saturated carbocycles. The molecule has 0 aliphatic carbocycles. The third kappa shape index (κ3) is 4.38. The van der Waals surface area contributed by atoms with E-state index >= 15 is 0 Å². The lowest BCUT2D eigenvalue weighted by Crippen LogP contribution is -2.42. The first kappa shape index (κ1) is 19.4. The van der Waals surface area contributed by atoms with Crippen LogP contribution in [0, 0.1) is 0 Å². The number of hydrogen-bond acceptors (Lipinski definition) is 5. The summed E-state index contributed by atoms with van der Waals surface area (Å²) in [7, 11) is 0. The molecular weight excluding hydrogens is 338 g/mol. The zero-order valence-corrected chi connectivity index (χ0v) is 15.3. The van der Waals surface area contributed by atoms with Gasteiger partial charge in [0.1, 0.15) is 12.1 Å². The molecule has 0 aromatic heterocycles. The normalized spacial score (nSPS) is 16.8. The lowest BCUT2D eigenvalue weighted by atomic mass is 10.1. The Kier molecular flexibility index (Phi) is 5.64. The number of imide groups is 1. The largest absolute Gasteiger partial charge is 0.451 e. The van der Waals surface area contributed by atoms with Crippen LogP contribution < -0.4 is 10.6 Å². The van der Waals surface area contributed by atoms with E-state index in [1.54, 1.807) is 26.0 Å². The van der Waals surface area contributed by atoms with E-state index in [1.807, 2.05) is 19.1 Å². The van der Waals surface area contributed by atoms with Gasteiger partial charge in [-0.25, -0.2) is 4.79 Å². The SMILES string of the molecule is CCc1ccc(NC(=O)[C@@H](C)OC(=O)CN2C(=O)NC(C)(C)C2=O)cc1. The van der Waals surface area contributed by atoms with Crippen molar-refractivity contribution in [3.63, 3.8) is 0 Å². The molecule has 1 aromatic carbocycles. The number of rotatable bonds is 6. The van der Waals surface area contributed by atoms with Crippen molar-refractivity contribution in [3.8, 4) is 0 Å². The Morgan fingerprint density at radius 2 is 1.85 bits per heavy atom. The fraction of sp³-hybridized carbons (Fsp3) is 0.444. The number of benzene rings is 1. The van der Waals surface area contributed by atoms with Crippen molar-refractivity contribution >= 4 is 29.5 Å². The number of carbonyl (C=O) groups excluding carboxylic acids is 4. The number of urea groups is 1. The van der Waals surface area contributed by atoms with Gasteiger partial charge in [-0.05, 0) is 44.9 Å². The van der Waals surface area contributed by atoms with Crippen LogP contribution in [0.15, 0.2) is 24.3 Å². The topological polar surface area (TPSA) is 105 Å². The minimum atomic E-state index is -1.07. The van der Waals surface area contributed by atoms with Crippen LogP contribution >= 0.6 is 0 Å². The molecule has 1 aromatic rings. The van der Waals surface area contributed by atoms with E-state index in [0.29, 0.717) is 5.69 Å². The summed E-state index contributed by atoms with van der Waals surface area (Å²) >= 11 is 0. The van der Waals surface area contributed by atoms with Gasteiger partial charge in [-0.3, -0.25) is 19.3 Å². The minimum Gasteiger partial charge on any atom is -0.451 e. The van der Waals surface area contributed by atoms with Crippen molar-refractivity contribution in [1.82, 2.24) is 10.2 Å². The number of hydrogen-bond donors (Lipinski definition) is 2. The summed E-state index contributed by atoms with van der Waals surface area (Å²) in [5.74, 6) is -1.86. The Bertz CT molecular complexity index is 727. The highest BCUT2D eigenvalue weighted by molar-refractivity contribution is 6.08. The van der Waals surface area contributed by atoms with E-state index in [1.165, 1.54) is 6.92 Å². The maximum absolute atomic E-state index is 12.1. The molecule has 1 heterocycles. The van der Waals surface area contributed by atoms with Crippen LogP contribution in [0.2, 0.25) is 0 Å². The molecule has 26 heavy (non-hydrogen) atoms. The van der Waals surface area contributed by atoms with Crippen LogP contribution in [-0.2, 0) is 25.5 Å². The molecule has 140 valence electrons. The zero-order valence-electron chi connectivity index (χ0n) is 15.3. The van der Waals surface area contributed by atoms with Crippen LogP contribution in [0.3, 0.4) is 0 Å². The summed E-state index contributed by atoms with van der Waals surface area (Å²) in [5.41, 5.74) is 0.662. The van der Waals surface area contributed by atoms with Gasteiger partial charge in [-0.2, -0.15) is 0 Å². The molecular formula is C18H23N3O5. The molecule has 2 N–H and O–H groups in total. The molecule has 0 spiro atoms. The van der Waals surface area contributed by atoms with E-state index in [-0.39, 0.29) is 0 Å². The van der Waals surface area contributed by atoms with E-state index in [0.717, 1.165) is 16.9 Å². The molecule has 1 aliphatic heterocycles. The summed E-state index contributed by atoms with van der Waals surface area (Å²) < 4.78 is 5.03. The fourth-order valence-electron chi connectivity index (χ4n) is 2.45. The highest BCUT2D eigenvalue weighted by atomic mass is 16.5. The average Bonchev–Trinajstić information content (AvgIpc) is 2.77. The van der Waals surface area contributed by atoms with Gasteiger partial charge in [-0.15, -0.1) is 0 Å². The molecule has 4 amide bonds. The lowest BCUT2D eigenvalue weighted by Gasteiger charge is -2.17. The first-order valence-electron chi connectivity index (χ1n) is 8.37. The Morgan fingerprint density at radius 3 is 2.35 bits per heavy atom. The van der Waals surface area contributed by atoms with Crippen molar-refractivity contribution in [2.45, 2.75) is 45.8 Å². The van der Waals surface area contributed by atoms with Gasteiger partial charge in [0.25, 0.3) is 11.8 Å². The Morgan fingerprint density at radius 1 is 1.23 bits per heavy atom. The number of nitrogens with one attached hydrogen (secondary N) is 2. The first-order valence-corrected chi connectivity index (χ1v) is 8.37. The van der Waals surface area contributed by atoms with Crippen molar-refractivity contribution in [1.29, 1.82) is 0 Å². The Labute approximate surface area is 151 Å². The summed E-state index contributed by atoms with van der Waals surface area (Å²) in [5, 5.41) is 5.11. The molecule has 1 aliphatic rings. The van der Waals surface area contributed by atoms with E-state index in [9.17, 15) is 19.2 Å². The molecule has 8 heteroatoms. The van der Waals surface area contributed by atoms with Gasteiger partial charge < -0.3 is 15.4 Å². The quantitative estimate of drug-likeness (QED) is 0.589. The molecule has 8 nitrogen and oxygen atoms in total. The zero-order chi connectivity index (χ0) is 19.5. The molecule has 0 bridgehead atoms. The summed E-state index contributed by atoms with van der Waals surface area (Å²) in [4.78, 5) is 48.7. The highest BCUT2D eigenvalue weighted by Gasteiger charge is 2.45. The third-order valence-electron chi connectivity index (χ3n) is 4.04. The van der Waals surface area contributed by atoms with Crippen LogP contribution in [0.5, 0.6) is 0 Å². The number of nitrogens with zero attached hydrogens (tertiary/aromatic N) is 1. The highest BCUT2D eigenvalue weighted by Crippen LogP contribution is 2.16. The van der Waals surface area contributed by atoms with Gasteiger partial charge >= 0.3 is 12.0 Å². The van der Waals surface area contributed by atoms with Gasteiger partial charge in [0, 0.05) is 5.69 Å². The molecule has 0 radical (unpaired) electrons. The molecule has 2 rings (SSSR count). The maximum Gasteiger partial charge on any atom is 0.327 e. The van der Waals surface area contributed by atoms with Crippen LogP contribution in [0.4, 0.5) is 10.5 Å². The molecule has 1 fully saturated rings. The summed E-state index contributed by atoms with van der Waals surface area (Å²) in [6.45, 7) is 5.99.